The minimum atomic E-state index is -0.173. The van der Waals surface area contributed by atoms with Gasteiger partial charge in [-0.05, 0) is 136 Å². The summed E-state index contributed by atoms with van der Waals surface area (Å²) in [7, 11) is 0. The van der Waals surface area contributed by atoms with Crippen LogP contribution < -0.4 is 31.8 Å². The molecule has 3 aliphatic carbocycles. The number of carbonyl (C=O) groups excluding carboxylic acids is 1. The standard InChI is InChI=1S/C17H18ClN3O3.C15H15Cl2N3O.C8H8Cl2N2.C7H8ClNO/c1-8-4-5-12-14(8)16(23)20-21-17(12)24-15-9(2)6-11(7-13(15)18)19-10(3)22;1-7-3-4-10-12(7)14(17)19-20-15(10)21-13-8(2)5-9(18)6-11(13)16;1-4-2-3-5-6(4)8(10)12-11-7(5)9;1-4-2-5(9)3-6(8)7(4)10/h6-8H,4-5H2,1-3H3,(H,19,22)(H,20,23);5-7H,3-4,18H2,1-2H3;4H,2-3H2,1H3;2-3,10H,9H2,1H3. The van der Waals surface area contributed by atoms with Crippen molar-refractivity contribution in [3.63, 3.8) is 0 Å². The molecule has 3 heterocycles. The topological polar surface area (TPSA) is 217 Å². The zero-order valence-corrected chi connectivity index (χ0v) is 42.2. The third kappa shape index (κ3) is 12.0. The smallest absolute Gasteiger partial charge is 0.268 e. The van der Waals surface area contributed by atoms with Crippen molar-refractivity contribution >= 4 is 92.6 Å². The first-order valence-corrected chi connectivity index (χ1v) is 23.5. The predicted molar refractivity (Wildman–Crippen MR) is 268 cm³/mol. The summed E-state index contributed by atoms with van der Waals surface area (Å²) < 4.78 is 11.8. The fourth-order valence-corrected chi connectivity index (χ4v) is 10.1. The molecule has 14 nitrogen and oxygen atoms in total. The normalized spacial score (nSPS) is 16.2. The number of amides is 1. The van der Waals surface area contributed by atoms with E-state index in [1.165, 1.54) is 13.0 Å². The Bertz CT molecular complexity index is 2850. The van der Waals surface area contributed by atoms with Gasteiger partial charge >= 0.3 is 0 Å². The van der Waals surface area contributed by atoms with Gasteiger partial charge in [-0.1, -0.05) is 90.4 Å². The highest BCUT2D eigenvalue weighted by Crippen LogP contribution is 2.44. The number of benzene rings is 3. The first kappa shape index (κ1) is 51.3. The highest BCUT2D eigenvalue weighted by Gasteiger charge is 2.29. The molecule has 0 radical (unpaired) electrons. The van der Waals surface area contributed by atoms with E-state index in [0.29, 0.717) is 88.2 Å². The maximum Gasteiger partial charge on any atom is 0.268 e. The van der Waals surface area contributed by atoms with Gasteiger partial charge in [-0.15, -0.1) is 25.5 Å². The molecule has 3 aromatic heterocycles. The number of H-pyrrole nitrogens is 1. The zero-order valence-electron chi connectivity index (χ0n) is 37.7. The van der Waals surface area contributed by atoms with E-state index in [2.05, 4.69) is 49.8 Å². The second kappa shape index (κ2) is 21.9. The number of hydrogen-bond acceptors (Lipinski definition) is 12. The van der Waals surface area contributed by atoms with Crippen LogP contribution in [0.25, 0.3) is 0 Å². The summed E-state index contributed by atoms with van der Waals surface area (Å²) >= 11 is 36.0. The number of rotatable bonds is 5. The minimum absolute atomic E-state index is 0.107. The molecule has 0 fully saturated rings. The number of hydrogen-bond donors (Lipinski definition) is 5. The van der Waals surface area contributed by atoms with E-state index in [4.69, 9.17) is 95.7 Å². The number of aryl methyl sites for hydroxylation is 3. The van der Waals surface area contributed by atoms with E-state index in [0.717, 1.165) is 83.0 Å². The van der Waals surface area contributed by atoms with Crippen molar-refractivity contribution in [1.29, 1.82) is 0 Å². The number of aromatic amines is 1. The predicted octanol–water partition coefficient (Wildman–Crippen LogP) is 12.8. The van der Waals surface area contributed by atoms with Crippen LogP contribution >= 0.6 is 69.6 Å². The lowest BCUT2D eigenvalue weighted by Crippen LogP contribution is -2.16. The summed E-state index contributed by atoms with van der Waals surface area (Å²) in [6, 6.07) is 10.1. The number of aromatic nitrogens is 6. The van der Waals surface area contributed by atoms with Gasteiger partial charge in [-0.25, -0.2) is 5.10 Å². The molecule has 0 spiro atoms. The molecule has 0 aliphatic heterocycles. The van der Waals surface area contributed by atoms with Crippen molar-refractivity contribution in [3.8, 4) is 29.0 Å². The number of fused-ring (bicyclic) bond motifs is 3. The summed E-state index contributed by atoms with van der Waals surface area (Å²) in [6.45, 7) is 13.2. The molecule has 9 rings (SSSR count). The molecule has 3 aliphatic rings. The van der Waals surface area contributed by atoms with Gasteiger partial charge in [-0.3, -0.25) is 9.59 Å². The van der Waals surface area contributed by atoms with Crippen LogP contribution in [0.4, 0.5) is 17.1 Å². The quantitative estimate of drug-likeness (QED) is 0.0805. The van der Waals surface area contributed by atoms with Crippen LogP contribution in [0, 0.1) is 20.8 Å². The largest absolute Gasteiger partial charge is 0.506 e. The summed E-state index contributed by atoms with van der Waals surface area (Å²) in [5.74, 6) is 2.85. The number of ether oxygens (including phenoxy) is 2. The Labute approximate surface area is 418 Å². The number of nitrogen functional groups attached to an aromatic ring is 2. The van der Waals surface area contributed by atoms with Crippen molar-refractivity contribution in [2.24, 2.45) is 0 Å². The van der Waals surface area contributed by atoms with Gasteiger partial charge in [0.2, 0.25) is 17.7 Å². The molecule has 7 N–H and O–H groups in total. The molecule has 3 aromatic carbocycles. The Hall–Kier alpha value is -5.09. The Morgan fingerprint density at radius 1 is 0.642 bits per heavy atom. The third-order valence-electron chi connectivity index (χ3n) is 11.6. The summed E-state index contributed by atoms with van der Waals surface area (Å²) in [4.78, 5) is 23.1. The number of phenolic OH excluding ortho intramolecular Hbond substituents is 1. The molecule has 6 aromatic rings. The van der Waals surface area contributed by atoms with Gasteiger partial charge in [0.15, 0.2) is 27.0 Å². The lowest BCUT2D eigenvalue weighted by molar-refractivity contribution is -0.114. The van der Waals surface area contributed by atoms with Gasteiger partial charge in [0, 0.05) is 51.8 Å². The molecular formula is C47H49Cl6N9O5. The number of carbonyl (C=O) groups is 1. The van der Waals surface area contributed by atoms with Gasteiger partial charge < -0.3 is 31.4 Å². The number of aromatic hydroxyl groups is 1. The minimum Gasteiger partial charge on any atom is -0.506 e. The van der Waals surface area contributed by atoms with E-state index in [1.807, 2.05) is 26.8 Å². The van der Waals surface area contributed by atoms with Crippen molar-refractivity contribution in [2.45, 2.75) is 105 Å². The fourth-order valence-electron chi connectivity index (χ4n) is 8.27. The van der Waals surface area contributed by atoms with Crippen LogP contribution in [0.1, 0.15) is 115 Å². The lowest BCUT2D eigenvalue weighted by atomic mass is 10.1. The number of nitrogens with two attached hydrogens (primary N) is 2. The highest BCUT2D eigenvalue weighted by molar-refractivity contribution is 6.34. The van der Waals surface area contributed by atoms with Crippen LogP contribution in [0.5, 0.6) is 29.0 Å². The van der Waals surface area contributed by atoms with E-state index >= 15 is 0 Å². The highest BCUT2D eigenvalue weighted by atomic mass is 35.5. The first-order chi connectivity index (χ1) is 31.6. The molecule has 0 saturated heterocycles. The third-order valence-corrected chi connectivity index (χ3v) is 13.3. The van der Waals surface area contributed by atoms with Crippen LogP contribution in [0.15, 0.2) is 41.2 Å². The van der Waals surface area contributed by atoms with Gasteiger partial charge in [0.25, 0.3) is 5.56 Å². The van der Waals surface area contributed by atoms with E-state index < -0.39 is 0 Å². The summed E-state index contributed by atoms with van der Waals surface area (Å²) in [5, 5.41) is 36.6. The molecule has 354 valence electrons. The summed E-state index contributed by atoms with van der Waals surface area (Å²) in [5.41, 5.74) is 20.9. The Morgan fingerprint density at radius 2 is 1.10 bits per heavy atom. The summed E-state index contributed by atoms with van der Waals surface area (Å²) in [6.07, 6.45) is 5.63. The number of phenols is 1. The fraction of sp³-hybridized carbons (Fsp3) is 0.340. The molecular weight excluding hydrogens is 983 g/mol. The molecule has 1 amide bonds. The molecule has 0 bridgehead atoms. The van der Waals surface area contributed by atoms with Crippen molar-refractivity contribution < 1.29 is 19.4 Å². The second-order valence-electron chi connectivity index (χ2n) is 16.7. The van der Waals surface area contributed by atoms with Crippen molar-refractivity contribution in [1.82, 2.24) is 30.6 Å². The SMILES string of the molecule is CC(=O)Nc1cc(C)c(Oc2n[nH]c(=O)c3c2CCC3C)c(Cl)c1.CC1CCc2c(Cl)nnc(Cl)c21.Cc1cc(N)cc(Cl)c1O.Cc1cc(N)cc(Cl)c1Oc1nnc(Cl)c2c1CCC2C. The maximum absolute atomic E-state index is 12.0. The number of nitrogens with zero attached hydrogens (tertiary/aromatic N) is 5. The van der Waals surface area contributed by atoms with Gasteiger partial charge in [0.05, 0.1) is 15.1 Å². The number of anilines is 3. The van der Waals surface area contributed by atoms with Crippen LogP contribution in [0.3, 0.4) is 0 Å². The van der Waals surface area contributed by atoms with Gasteiger partial charge in [0.1, 0.15) is 5.75 Å². The van der Waals surface area contributed by atoms with Crippen molar-refractivity contribution in [2.75, 3.05) is 16.8 Å². The average molecular weight is 1030 g/mol. The Balaban J connectivity index is 0.000000156. The van der Waals surface area contributed by atoms with Gasteiger partial charge in [-0.2, -0.15) is 0 Å². The van der Waals surface area contributed by atoms with E-state index in [1.54, 1.807) is 31.2 Å². The molecule has 3 atom stereocenters. The molecule has 67 heavy (non-hydrogen) atoms. The number of halogens is 6. The lowest BCUT2D eigenvalue weighted by Gasteiger charge is -2.14. The average Bonchev–Trinajstić information content (AvgIpc) is 3.97. The Kier molecular flexibility index (Phi) is 16.8. The molecule has 0 saturated carbocycles. The van der Waals surface area contributed by atoms with Crippen LogP contribution in [-0.4, -0.2) is 41.6 Å². The maximum atomic E-state index is 12.0. The molecule has 20 heteroatoms. The Morgan fingerprint density at radius 3 is 1.66 bits per heavy atom. The zero-order chi connectivity index (χ0) is 49.0. The van der Waals surface area contributed by atoms with E-state index in [-0.39, 0.29) is 23.1 Å². The van der Waals surface area contributed by atoms with E-state index in [9.17, 15) is 9.59 Å². The molecule has 3 unspecified atom stereocenters. The van der Waals surface area contributed by atoms with Crippen LogP contribution in [-0.2, 0) is 24.1 Å². The van der Waals surface area contributed by atoms with Crippen molar-refractivity contribution in [3.05, 3.63) is 127 Å². The monoisotopic (exact) mass is 1030 g/mol. The van der Waals surface area contributed by atoms with Crippen LogP contribution in [0.2, 0.25) is 30.5 Å². The number of nitrogens with one attached hydrogen (secondary N) is 2. The first-order valence-electron chi connectivity index (χ1n) is 21.2. The second-order valence-corrected chi connectivity index (χ2v) is 19.0.